The Morgan fingerprint density at radius 3 is 1.05 bits per heavy atom. The molecular formula is C92H54S2. The molecule has 0 saturated carbocycles. The number of hydrogen-bond donors (Lipinski definition) is 0. The second kappa shape index (κ2) is 21.0. The summed E-state index contributed by atoms with van der Waals surface area (Å²) in [4.78, 5) is 0. The molecule has 0 saturated heterocycles. The third-order valence-corrected chi connectivity index (χ3v) is 22.5. The molecule has 94 heavy (non-hydrogen) atoms. The summed E-state index contributed by atoms with van der Waals surface area (Å²) in [6.07, 6.45) is 0. The first-order valence-corrected chi connectivity index (χ1v) is 34.1. The maximum Gasteiger partial charge on any atom is 0.0440 e. The van der Waals surface area contributed by atoms with Crippen LogP contribution in [0.2, 0.25) is 0 Å². The molecule has 0 fully saturated rings. The second-order valence-corrected chi connectivity index (χ2v) is 27.4. The summed E-state index contributed by atoms with van der Waals surface area (Å²) >= 11 is 3.83. The van der Waals surface area contributed by atoms with Gasteiger partial charge in [-0.05, 0) is 195 Å². The third kappa shape index (κ3) is 8.17. The van der Waals surface area contributed by atoms with E-state index in [1.54, 1.807) is 0 Å². The van der Waals surface area contributed by atoms with Crippen LogP contribution >= 0.6 is 22.7 Å². The minimum Gasteiger partial charge on any atom is -0.135 e. The lowest BCUT2D eigenvalue weighted by Crippen LogP contribution is -1.92. The van der Waals surface area contributed by atoms with Crippen LogP contribution in [0.1, 0.15) is 0 Å². The first-order valence-electron chi connectivity index (χ1n) is 32.4. The van der Waals surface area contributed by atoms with Crippen LogP contribution in [0.4, 0.5) is 0 Å². The van der Waals surface area contributed by atoms with E-state index in [-0.39, 0.29) is 0 Å². The van der Waals surface area contributed by atoms with Crippen LogP contribution in [-0.4, -0.2) is 0 Å². The van der Waals surface area contributed by atoms with Crippen molar-refractivity contribution >= 4 is 149 Å². The topological polar surface area (TPSA) is 0 Å². The van der Waals surface area contributed by atoms with Gasteiger partial charge >= 0.3 is 0 Å². The van der Waals surface area contributed by atoms with Crippen LogP contribution in [0, 0.1) is 0 Å². The lowest BCUT2D eigenvalue weighted by atomic mass is 9.83. The summed E-state index contributed by atoms with van der Waals surface area (Å²) in [6, 6.07) is 123. The van der Waals surface area contributed by atoms with Crippen molar-refractivity contribution in [1.82, 2.24) is 0 Å². The van der Waals surface area contributed by atoms with Gasteiger partial charge in [-0.15, -0.1) is 22.7 Å². The lowest BCUT2D eigenvalue weighted by Gasteiger charge is -2.20. The average molecular weight is 1220 g/mol. The van der Waals surface area contributed by atoms with E-state index in [2.05, 4.69) is 328 Å². The van der Waals surface area contributed by atoms with E-state index in [0.717, 1.165) is 0 Å². The SMILES string of the molecule is c1ccc2cc(-c3ccc(-c4c5ccccc5c(-c5ccc(-c6ccc(-c7ccc(-c8c9ccccc9c(-c9cccc%10sc%11cc%12ccccc%12cc%11c9%10)c9ccccc89)cc7)c7ccccc67)c6sc7cc8ccccc8cc7c56)c5ccccc45)cc3)ccc2c1. The predicted octanol–water partition coefficient (Wildman–Crippen LogP) is 27.3. The Morgan fingerprint density at radius 2 is 0.521 bits per heavy atom. The van der Waals surface area contributed by atoms with E-state index < -0.39 is 0 Å². The molecule has 18 aromatic carbocycles. The van der Waals surface area contributed by atoms with Crippen LogP contribution in [0.3, 0.4) is 0 Å². The molecule has 0 aliphatic rings. The van der Waals surface area contributed by atoms with Crippen molar-refractivity contribution in [1.29, 1.82) is 0 Å². The highest BCUT2D eigenvalue weighted by Gasteiger charge is 2.25. The third-order valence-electron chi connectivity index (χ3n) is 20.2. The van der Waals surface area contributed by atoms with E-state index in [4.69, 9.17) is 0 Å². The molecule has 0 N–H and O–H groups in total. The molecule has 0 aliphatic heterocycles. The molecule has 434 valence electrons. The van der Waals surface area contributed by atoms with Crippen LogP contribution < -0.4 is 0 Å². The molecule has 20 aromatic rings. The van der Waals surface area contributed by atoms with Gasteiger partial charge in [0.15, 0.2) is 0 Å². The summed E-state index contributed by atoms with van der Waals surface area (Å²) in [5.41, 5.74) is 17.4. The van der Waals surface area contributed by atoms with E-state index in [9.17, 15) is 0 Å². The van der Waals surface area contributed by atoms with Crippen molar-refractivity contribution in [2.24, 2.45) is 0 Å². The van der Waals surface area contributed by atoms with Crippen LogP contribution in [0.15, 0.2) is 328 Å². The van der Waals surface area contributed by atoms with Crippen molar-refractivity contribution in [3.05, 3.63) is 328 Å². The normalized spacial score (nSPS) is 12.0. The molecule has 0 amide bonds. The molecule has 2 aromatic heterocycles. The fourth-order valence-electron chi connectivity index (χ4n) is 16.0. The highest BCUT2D eigenvalue weighted by Crippen LogP contribution is 2.53. The molecule has 0 nitrogen and oxygen atoms in total. The zero-order valence-corrected chi connectivity index (χ0v) is 52.6. The molecule has 20 rings (SSSR count). The molecule has 0 atom stereocenters. The molecular weight excluding hydrogens is 1170 g/mol. The zero-order valence-electron chi connectivity index (χ0n) is 51.0. The van der Waals surface area contributed by atoms with Gasteiger partial charge < -0.3 is 0 Å². The van der Waals surface area contributed by atoms with Crippen molar-refractivity contribution < 1.29 is 0 Å². The van der Waals surface area contributed by atoms with Crippen molar-refractivity contribution in [2.45, 2.75) is 0 Å². The highest BCUT2D eigenvalue weighted by atomic mass is 32.1. The van der Waals surface area contributed by atoms with Crippen LogP contribution in [0.5, 0.6) is 0 Å². The number of thiophene rings is 2. The van der Waals surface area contributed by atoms with Gasteiger partial charge in [-0.3, -0.25) is 0 Å². The quantitative estimate of drug-likeness (QED) is 0.140. The van der Waals surface area contributed by atoms with Crippen molar-refractivity contribution in [3.8, 4) is 77.9 Å². The van der Waals surface area contributed by atoms with Crippen molar-refractivity contribution in [2.75, 3.05) is 0 Å². The molecule has 0 radical (unpaired) electrons. The van der Waals surface area contributed by atoms with E-state index in [1.165, 1.54) is 204 Å². The molecule has 0 aliphatic carbocycles. The minimum absolute atomic E-state index is 1.19. The van der Waals surface area contributed by atoms with Gasteiger partial charge in [0.1, 0.15) is 0 Å². The number of rotatable bonds is 7. The fourth-order valence-corrected chi connectivity index (χ4v) is 18.4. The van der Waals surface area contributed by atoms with Gasteiger partial charge in [-0.2, -0.15) is 0 Å². The van der Waals surface area contributed by atoms with Gasteiger partial charge in [-0.1, -0.05) is 291 Å². The summed E-state index contributed by atoms with van der Waals surface area (Å²) in [5, 5.41) is 25.3. The molecule has 0 bridgehead atoms. The summed E-state index contributed by atoms with van der Waals surface area (Å²) in [7, 11) is 0. The van der Waals surface area contributed by atoms with Gasteiger partial charge in [0.05, 0.1) is 0 Å². The van der Waals surface area contributed by atoms with Gasteiger partial charge in [0.25, 0.3) is 0 Å². The Hall–Kier alpha value is -11.5. The van der Waals surface area contributed by atoms with E-state index in [0.29, 0.717) is 0 Å². The maximum absolute atomic E-state index is 2.45. The van der Waals surface area contributed by atoms with Gasteiger partial charge in [0, 0.05) is 45.9 Å². The monoisotopic (exact) mass is 1220 g/mol. The molecule has 0 spiro atoms. The highest BCUT2D eigenvalue weighted by molar-refractivity contribution is 7.26. The minimum atomic E-state index is 1.19. The van der Waals surface area contributed by atoms with Gasteiger partial charge in [0.2, 0.25) is 0 Å². The lowest BCUT2D eigenvalue weighted by molar-refractivity contribution is 1.63. The van der Waals surface area contributed by atoms with E-state index >= 15 is 0 Å². The Balaban J connectivity index is 0.725. The average Bonchev–Trinajstić information content (AvgIpc) is 1.20. The Labute approximate surface area is 550 Å². The van der Waals surface area contributed by atoms with Crippen LogP contribution in [0.25, 0.3) is 204 Å². The zero-order chi connectivity index (χ0) is 61.5. The number of benzene rings is 18. The summed E-state index contributed by atoms with van der Waals surface area (Å²) < 4.78 is 5.22. The first kappa shape index (κ1) is 53.2. The Morgan fingerprint density at radius 1 is 0.160 bits per heavy atom. The maximum atomic E-state index is 2.45. The summed E-state index contributed by atoms with van der Waals surface area (Å²) in [5.74, 6) is 0. The Kier molecular flexibility index (Phi) is 11.9. The van der Waals surface area contributed by atoms with Crippen LogP contribution in [-0.2, 0) is 0 Å². The summed E-state index contributed by atoms with van der Waals surface area (Å²) in [6.45, 7) is 0. The second-order valence-electron chi connectivity index (χ2n) is 25.2. The molecule has 0 unspecified atom stereocenters. The largest absolute Gasteiger partial charge is 0.135 e. The Bertz CT molecular complexity index is 6460. The first-order chi connectivity index (χ1) is 46.6. The van der Waals surface area contributed by atoms with Gasteiger partial charge in [-0.25, -0.2) is 0 Å². The van der Waals surface area contributed by atoms with E-state index in [1.807, 2.05) is 22.7 Å². The predicted molar refractivity (Wildman–Crippen MR) is 410 cm³/mol. The number of fused-ring (bicyclic) bond motifs is 14. The number of hydrogen-bond acceptors (Lipinski definition) is 2. The molecule has 2 heterocycles. The fraction of sp³-hybridized carbons (Fsp3) is 0. The smallest absolute Gasteiger partial charge is 0.0440 e. The molecule has 2 heteroatoms. The van der Waals surface area contributed by atoms with Crippen molar-refractivity contribution in [3.63, 3.8) is 0 Å². The standard InChI is InChI=1S/C92H54S2/c1-2-19-60-50-65(45-38-55(60)18-1)56-36-41-58(42-37-56)86-72-28-11-15-32-76(72)89(77-33-16-12-29-73(77)86)80-49-48-78(92-91(80)82-52-62-21-4-6-23-64(62)54-85(82)94-92)69-47-46-66(67-24-7-8-25-68(67)69)57-39-43-59(44-40-57)87-70-26-9-13-30-74(70)88(75-31-14-10-27-71(75)87)79-34-17-35-83-90(79)81-51-61-20-3-5-22-63(61)53-84(81)93-83/h1-54H.